The van der Waals surface area contributed by atoms with Crippen LogP contribution in [0.15, 0.2) is 12.1 Å². The number of unbranched alkanes of at least 4 members (excludes halogenated alkanes) is 2. The third kappa shape index (κ3) is 2.88. The number of benzene rings is 1. The van der Waals surface area contributed by atoms with E-state index < -0.39 is 0 Å². The Morgan fingerprint density at radius 2 is 1.85 bits per heavy atom. The fourth-order valence-corrected chi connectivity index (χ4v) is 2.62. The third-order valence-corrected chi connectivity index (χ3v) is 4.15. The van der Waals surface area contributed by atoms with E-state index in [1.165, 1.54) is 35.9 Å². The fraction of sp³-hybridized carbons (Fsp3) is 0.588. The van der Waals surface area contributed by atoms with Crippen molar-refractivity contribution in [1.29, 1.82) is 0 Å². The van der Waals surface area contributed by atoms with Crippen molar-refractivity contribution in [3.8, 4) is 0 Å². The first-order valence-corrected chi connectivity index (χ1v) is 7.81. The maximum Gasteiger partial charge on any atom is 0.126 e. The zero-order chi connectivity index (χ0) is 14.7. The molecule has 3 heteroatoms. The second-order valence-electron chi connectivity index (χ2n) is 5.77. The molecule has 0 aliphatic heterocycles. The molecular formula is C17H27N3. The van der Waals surface area contributed by atoms with Gasteiger partial charge in [-0.2, -0.15) is 0 Å². The Balaban J connectivity index is 2.49. The maximum atomic E-state index is 6.26. The van der Waals surface area contributed by atoms with Gasteiger partial charge in [0, 0.05) is 6.54 Å². The van der Waals surface area contributed by atoms with Crippen molar-refractivity contribution in [2.45, 2.75) is 66.0 Å². The fourth-order valence-electron chi connectivity index (χ4n) is 2.62. The van der Waals surface area contributed by atoms with Gasteiger partial charge in [0.1, 0.15) is 5.82 Å². The topological polar surface area (TPSA) is 43.8 Å². The van der Waals surface area contributed by atoms with Gasteiger partial charge in [-0.05, 0) is 49.9 Å². The molecule has 2 rings (SSSR count). The van der Waals surface area contributed by atoms with Crippen LogP contribution in [0.2, 0.25) is 0 Å². The number of aryl methyl sites for hydroxylation is 3. The van der Waals surface area contributed by atoms with E-state index in [4.69, 9.17) is 10.7 Å². The van der Waals surface area contributed by atoms with Crippen molar-refractivity contribution in [2.75, 3.05) is 0 Å². The van der Waals surface area contributed by atoms with E-state index in [1.807, 2.05) is 0 Å². The maximum absolute atomic E-state index is 6.26. The lowest BCUT2D eigenvalue weighted by atomic mass is 10.1. The van der Waals surface area contributed by atoms with Crippen LogP contribution in [0.3, 0.4) is 0 Å². The molecule has 0 aliphatic carbocycles. The van der Waals surface area contributed by atoms with E-state index in [2.05, 4.69) is 44.4 Å². The van der Waals surface area contributed by atoms with Crippen LogP contribution >= 0.6 is 0 Å². The van der Waals surface area contributed by atoms with Crippen molar-refractivity contribution in [1.82, 2.24) is 9.55 Å². The Kier molecular flexibility index (Phi) is 4.81. The largest absolute Gasteiger partial charge is 0.327 e. The van der Waals surface area contributed by atoms with E-state index >= 15 is 0 Å². The van der Waals surface area contributed by atoms with E-state index in [0.29, 0.717) is 0 Å². The van der Waals surface area contributed by atoms with Gasteiger partial charge in [-0.1, -0.05) is 26.7 Å². The molecule has 0 spiro atoms. The van der Waals surface area contributed by atoms with Gasteiger partial charge in [-0.15, -0.1) is 0 Å². The van der Waals surface area contributed by atoms with Gasteiger partial charge in [0.2, 0.25) is 0 Å². The quantitative estimate of drug-likeness (QED) is 0.799. The summed E-state index contributed by atoms with van der Waals surface area (Å²) in [5.74, 6) is 1.05. The number of nitrogens with two attached hydrogens (primary N) is 1. The van der Waals surface area contributed by atoms with Gasteiger partial charge in [0.15, 0.2) is 0 Å². The van der Waals surface area contributed by atoms with Crippen LogP contribution in [0.25, 0.3) is 11.0 Å². The van der Waals surface area contributed by atoms with Gasteiger partial charge in [0.05, 0.1) is 17.1 Å². The highest BCUT2D eigenvalue weighted by Gasteiger charge is 2.16. The van der Waals surface area contributed by atoms with Crippen LogP contribution in [0.5, 0.6) is 0 Å². The summed E-state index contributed by atoms with van der Waals surface area (Å²) in [5, 5.41) is 0. The molecule has 0 bridgehead atoms. The van der Waals surface area contributed by atoms with Crippen LogP contribution in [0.1, 0.15) is 62.5 Å². The molecule has 1 aromatic carbocycles. The molecule has 3 nitrogen and oxygen atoms in total. The predicted octanol–water partition coefficient (Wildman–Crippen LogP) is 4.25. The van der Waals surface area contributed by atoms with E-state index in [0.717, 1.165) is 24.3 Å². The summed E-state index contributed by atoms with van der Waals surface area (Å²) in [6, 6.07) is 4.48. The average Bonchev–Trinajstić information content (AvgIpc) is 2.77. The highest BCUT2D eigenvalue weighted by Crippen LogP contribution is 2.25. The molecule has 1 heterocycles. The number of fused-ring (bicyclic) bond motifs is 1. The third-order valence-electron chi connectivity index (χ3n) is 4.15. The lowest BCUT2D eigenvalue weighted by Gasteiger charge is -2.13. The Bertz CT molecular complexity index is 583. The summed E-state index contributed by atoms with van der Waals surface area (Å²) in [5.41, 5.74) is 11.2. The highest BCUT2D eigenvalue weighted by atomic mass is 15.1. The van der Waals surface area contributed by atoms with E-state index in [1.54, 1.807) is 0 Å². The smallest absolute Gasteiger partial charge is 0.126 e. The Morgan fingerprint density at radius 1 is 1.15 bits per heavy atom. The lowest BCUT2D eigenvalue weighted by molar-refractivity contribution is 0.549. The first-order chi connectivity index (χ1) is 9.58. The van der Waals surface area contributed by atoms with E-state index in [-0.39, 0.29) is 6.04 Å². The summed E-state index contributed by atoms with van der Waals surface area (Å²) in [6.45, 7) is 9.69. The molecule has 1 atom stereocenters. The van der Waals surface area contributed by atoms with Crippen LogP contribution in [-0.4, -0.2) is 9.55 Å². The van der Waals surface area contributed by atoms with Crippen LogP contribution in [0, 0.1) is 13.8 Å². The lowest BCUT2D eigenvalue weighted by Crippen LogP contribution is -2.16. The van der Waals surface area contributed by atoms with Crippen molar-refractivity contribution in [2.24, 2.45) is 5.73 Å². The molecule has 110 valence electrons. The summed E-state index contributed by atoms with van der Waals surface area (Å²) in [7, 11) is 0. The molecular weight excluding hydrogens is 246 g/mol. The van der Waals surface area contributed by atoms with Crippen molar-refractivity contribution >= 4 is 11.0 Å². The highest BCUT2D eigenvalue weighted by molar-refractivity contribution is 5.78. The average molecular weight is 273 g/mol. The molecule has 2 N–H and O–H groups in total. The van der Waals surface area contributed by atoms with Crippen LogP contribution in [-0.2, 0) is 6.54 Å². The van der Waals surface area contributed by atoms with Gasteiger partial charge in [-0.25, -0.2) is 4.98 Å². The van der Waals surface area contributed by atoms with Gasteiger partial charge in [0.25, 0.3) is 0 Å². The SMILES string of the molecule is CCCCCn1c(C(N)CC)nc2cc(C)c(C)cc21. The standard InChI is InChI=1S/C17H27N3/c1-5-7-8-9-20-16-11-13(4)12(3)10-15(16)19-17(20)14(18)6-2/h10-11,14H,5-9,18H2,1-4H3. The molecule has 20 heavy (non-hydrogen) atoms. The Morgan fingerprint density at radius 3 is 2.50 bits per heavy atom. The molecule has 0 fully saturated rings. The van der Waals surface area contributed by atoms with Gasteiger partial charge >= 0.3 is 0 Å². The monoisotopic (exact) mass is 273 g/mol. The summed E-state index contributed by atoms with van der Waals surface area (Å²) in [4.78, 5) is 4.80. The van der Waals surface area contributed by atoms with Crippen molar-refractivity contribution in [3.05, 3.63) is 29.1 Å². The molecule has 0 radical (unpaired) electrons. The van der Waals surface area contributed by atoms with Crippen LogP contribution in [0.4, 0.5) is 0 Å². The zero-order valence-electron chi connectivity index (χ0n) is 13.2. The minimum atomic E-state index is 0.0321. The first-order valence-electron chi connectivity index (χ1n) is 7.81. The Hall–Kier alpha value is -1.35. The summed E-state index contributed by atoms with van der Waals surface area (Å²) in [6.07, 6.45) is 4.61. The normalized spacial score (nSPS) is 13.1. The van der Waals surface area contributed by atoms with E-state index in [9.17, 15) is 0 Å². The van der Waals surface area contributed by atoms with Crippen LogP contribution < -0.4 is 5.73 Å². The number of hydrogen-bond donors (Lipinski definition) is 1. The van der Waals surface area contributed by atoms with Crippen molar-refractivity contribution < 1.29 is 0 Å². The summed E-state index contributed by atoms with van der Waals surface area (Å²) < 4.78 is 2.34. The molecule has 0 saturated carbocycles. The number of rotatable bonds is 6. The number of aromatic nitrogens is 2. The summed E-state index contributed by atoms with van der Waals surface area (Å²) >= 11 is 0. The van der Waals surface area contributed by atoms with Gasteiger partial charge in [-0.3, -0.25) is 0 Å². The molecule has 0 saturated heterocycles. The minimum Gasteiger partial charge on any atom is -0.327 e. The Labute approximate surface area is 122 Å². The van der Waals surface area contributed by atoms with Crippen molar-refractivity contribution in [3.63, 3.8) is 0 Å². The molecule has 0 amide bonds. The first kappa shape index (κ1) is 15.0. The second-order valence-corrected chi connectivity index (χ2v) is 5.77. The minimum absolute atomic E-state index is 0.0321. The second kappa shape index (κ2) is 6.40. The zero-order valence-corrected chi connectivity index (χ0v) is 13.2. The van der Waals surface area contributed by atoms with Gasteiger partial charge < -0.3 is 10.3 Å². The molecule has 1 aromatic heterocycles. The number of hydrogen-bond acceptors (Lipinski definition) is 2. The predicted molar refractivity (Wildman–Crippen MR) is 86.0 cm³/mol. The molecule has 2 aromatic rings. The molecule has 0 aliphatic rings. The number of imidazole rings is 1. The number of nitrogens with zero attached hydrogens (tertiary/aromatic N) is 2. The molecule has 1 unspecified atom stereocenters.